The second-order valence-corrected chi connectivity index (χ2v) is 9.19. The lowest BCUT2D eigenvalue weighted by Crippen LogP contribution is -2.21. The summed E-state index contributed by atoms with van der Waals surface area (Å²) in [6.45, 7) is 3.77. The van der Waals surface area contributed by atoms with E-state index in [2.05, 4.69) is 10.4 Å². The summed E-state index contributed by atoms with van der Waals surface area (Å²) in [5, 5.41) is 8.95. The van der Waals surface area contributed by atoms with Crippen LogP contribution in [0.1, 0.15) is 28.6 Å². The third-order valence-electron chi connectivity index (χ3n) is 6.08. The number of methoxy groups -OCH3 is 1. The third-order valence-corrected chi connectivity index (χ3v) is 6.41. The summed E-state index contributed by atoms with van der Waals surface area (Å²) in [5.74, 6) is 1.05. The minimum atomic E-state index is -0.362. The van der Waals surface area contributed by atoms with Gasteiger partial charge in [0.05, 0.1) is 34.7 Å². The zero-order valence-electron chi connectivity index (χ0n) is 21.0. The molecule has 0 aliphatic carbocycles. The van der Waals surface area contributed by atoms with Crippen LogP contribution >= 0.6 is 11.6 Å². The fourth-order valence-corrected chi connectivity index (χ4v) is 4.23. The smallest absolute Gasteiger partial charge is 0.280 e. The Bertz CT molecular complexity index is 1600. The van der Waals surface area contributed by atoms with Gasteiger partial charge >= 0.3 is 0 Å². The third kappa shape index (κ3) is 5.10. The molecule has 0 radical (unpaired) electrons. The van der Waals surface area contributed by atoms with Crippen LogP contribution in [0.5, 0.6) is 5.75 Å². The van der Waals surface area contributed by atoms with E-state index in [1.165, 1.54) is 5.01 Å². The van der Waals surface area contributed by atoms with Gasteiger partial charge in [-0.1, -0.05) is 35.4 Å². The summed E-state index contributed by atoms with van der Waals surface area (Å²) in [5.41, 5.74) is 4.39. The molecule has 190 valence electrons. The van der Waals surface area contributed by atoms with E-state index in [1.54, 1.807) is 74.7 Å². The molecule has 1 N–H and O–H groups in total. The highest BCUT2D eigenvalue weighted by Gasteiger charge is 2.29. The number of amides is 2. The number of hydrogen-bond acceptors (Lipinski definition) is 5. The van der Waals surface area contributed by atoms with Crippen molar-refractivity contribution < 1.29 is 18.7 Å². The Balaban J connectivity index is 1.37. The molecular formula is C30H24ClN3O4. The number of carbonyl (C=O) groups is 2. The Kier molecular flexibility index (Phi) is 6.85. The van der Waals surface area contributed by atoms with Crippen molar-refractivity contribution in [2.75, 3.05) is 17.4 Å². The molecule has 0 bridgehead atoms. The van der Waals surface area contributed by atoms with E-state index >= 15 is 0 Å². The molecule has 0 saturated carbocycles. The minimum absolute atomic E-state index is 0.229. The van der Waals surface area contributed by atoms with Crippen LogP contribution in [0.4, 0.5) is 11.4 Å². The van der Waals surface area contributed by atoms with Gasteiger partial charge in [-0.05, 0) is 74.5 Å². The molecule has 0 atom stereocenters. The molecule has 0 spiro atoms. The summed E-state index contributed by atoms with van der Waals surface area (Å²) < 4.78 is 11.2. The molecule has 8 heteroatoms. The Morgan fingerprint density at radius 2 is 1.82 bits per heavy atom. The predicted octanol–water partition coefficient (Wildman–Crippen LogP) is 6.98. The van der Waals surface area contributed by atoms with Gasteiger partial charge in [0.1, 0.15) is 17.3 Å². The van der Waals surface area contributed by atoms with E-state index < -0.39 is 0 Å². The first-order valence-electron chi connectivity index (χ1n) is 11.9. The zero-order valence-corrected chi connectivity index (χ0v) is 21.7. The van der Waals surface area contributed by atoms with Gasteiger partial charge in [-0.2, -0.15) is 10.1 Å². The Hall–Kier alpha value is -4.62. The average molecular weight is 526 g/mol. The van der Waals surface area contributed by atoms with Crippen LogP contribution in [0, 0.1) is 6.92 Å². The number of benzene rings is 3. The van der Waals surface area contributed by atoms with Crippen LogP contribution in [0.15, 0.2) is 94.0 Å². The van der Waals surface area contributed by atoms with Crippen molar-refractivity contribution in [2.24, 2.45) is 5.10 Å². The number of halogens is 1. The topological polar surface area (TPSA) is 84.1 Å². The van der Waals surface area contributed by atoms with Crippen LogP contribution in [0.25, 0.3) is 17.4 Å². The number of rotatable bonds is 6. The van der Waals surface area contributed by atoms with Gasteiger partial charge in [0.25, 0.3) is 11.8 Å². The van der Waals surface area contributed by atoms with Crippen LogP contribution in [0.3, 0.4) is 0 Å². The number of furan rings is 1. The SMILES string of the molecule is COc1cccc(NC(=O)c2cc(-c3ccc(/C=C4\C(=O)N(c5ccc(C)cc5)N=C4C)o3)ccc2Cl)c1. The average Bonchev–Trinajstić information content (AvgIpc) is 3.50. The first kappa shape index (κ1) is 25.0. The van der Waals surface area contributed by atoms with E-state index in [1.807, 2.05) is 31.2 Å². The van der Waals surface area contributed by atoms with Crippen molar-refractivity contribution in [2.45, 2.75) is 13.8 Å². The molecule has 2 amide bonds. The lowest BCUT2D eigenvalue weighted by atomic mass is 10.1. The van der Waals surface area contributed by atoms with Crippen molar-refractivity contribution in [3.8, 4) is 17.1 Å². The zero-order chi connectivity index (χ0) is 26.8. The molecule has 7 nitrogen and oxygen atoms in total. The highest BCUT2D eigenvalue weighted by molar-refractivity contribution is 6.34. The molecule has 0 unspecified atom stereocenters. The summed E-state index contributed by atoms with van der Waals surface area (Å²) in [6, 6.07) is 23.3. The maximum atomic E-state index is 13.1. The van der Waals surface area contributed by atoms with E-state index in [0.717, 1.165) is 5.56 Å². The molecule has 5 rings (SSSR count). The maximum absolute atomic E-state index is 13.1. The molecular weight excluding hydrogens is 502 g/mol. The Labute approximate surface area is 225 Å². The molecule has 1 aliphatic heterocycles. The second-order valence-electron chi connectivity index (χ2n) is 8.78. The van der Waals surface area contributed by atoms with Crippen LogP contribution in [-0.2, 0) is 4.79 Å². The molecule has 2 heterocycles. The fourth-order valence-electron chi connectivity index (χ4n) is 4.02. The monoisotopic (exact) mass is 525 g/mol. The number of hydrazone groups is 1. The van der Waals surface area contributed by atoms with E-state index in [9.17, 15) is 9.59 Å². The highest BCUT2D eigenvalue weighted by Crippen LogP contribution is 2.30. The number of ether oxygens (including phenoxy) is 1. The van der Waals surface area contributed by atoms with Crippen molar-refractivity contribution >= 4 is 46.6 Å². The van der Waals surface area contributed by atoms with Gasteiger partial charge in [0.2, 0.25) is 0 Å². The molecule has 0 fully saturated rings. The molecule has 1 aliphatic rings. The van der Waals surface area contributed by atoms with E-state index in [-0.39, 0.29) is 11.8 Å². The molecule has 1 aromatic heterocycles. The minimum Gasteiger partial charge on any atom is -0.497 e. The van der Waals surface area contributed by atoms with Gasteiger partial charge in [-0.25, -0.2) is 0 Å². The van der Waals surface area contributed by atoms with Crippen LogP contribution in [-0.4, -0.2) is 24.6 Å². The maximum Gasteiger partial charge on any atom is 0.280 e. The first-order chi connectivity index (χ1) is 18.3. The number of aryl methyl sites for hydroxylation is 1. The van der Waals surface area contributed by atoms with Crippen LogP contribution in [0.2, 0.25) is 5.02 Å². The Morgan fingerprint density at radius 3 is 2.58 bits per heavy atom. The first-order valence-corrected chi connectivity index (χ1v) is 12.2. The largest absolute Gasteiger partial charge is 0.497 e. The molecule has 4 aromatic rings. The quantitative estimate of drug-likeness (QED) is 0.275. The number of carbonyl (C=O) groups excluding carboxylic acids is 2. The molecule has 0 saturated heterocycles. The second kappa shape index (κ2) is 10.4. The van der Waals surface area contributed by atoms with Crippen molar-refractivity contribution in [1.82, 2.24) is 0 Å². The summed E-state index contributed by atoms with van der Waals surface area (Å²) in [4.78, 5) is 26.0. The van der Waals surface area contributed by atoms with Crippen LogP contribution < -0.4 is 15.1 Å². The van der Waals surface area contributed by atoms with Gasteiger partial charge < -0.3 is 14.5 Å². The lowest BCUT2D eigenvalue weighted by Gasteiger charge is -2.11. The molecule has 38 heavy (non-hydrogen) atoms. The highest BCUT2D eigenvalue weighted by atomic mass is 35.5. The number of nitrogens with one attached hydrogen (secondary N) is 1. The van der Waals surface area contributed by atoms with E-state index in [0.29, 0.717) is 56.1 Å². The van der Waals surface area contributed by atoms with Crippen molar-refractivity contribution in [1.29, 1.82) is 0 Å². The number of nitrogens with zero attached hydrogens (tertiary/aromatic N) is 2. The lowest BCUT2D eigenvalue weighted by molar-refractivity contribution is -0.114. The van der Waals surface area contributed by atoms with Gasteiger partial charge in [0, 0.05) is 17.3 Å². The van der Waals surface area contributed by atoms with E-state index in [4.69, 9.17) is 20.8 Å². The fraction of sp³-hybridized carbons (Fsp3) is 0.100. The van der Waals surface area contributed by atoms with Crippen molar-refractivity contribution in [3.63, 3.8) is 0 Å². The number of anilines is 2. The van der Waals surface area contributed by atoms with Gasteiger partial charge in [-0.15, -0.1) is 0 Å². The molecule has 3 aromatic carbocycles. The number of hydrogen-bond donors (Lipinski definition) is 1. The van der Waals surface area contributed by atoms with Gasteiger partial charge in [-0.3, -0.25) is 9.59 Å². The summed E-state index contributed by atoms with van der Waals surface area (Å²) in [6.07, 6.45) is 1.67. The normalized spacial score (nSPS) is 14.1. The summed E-state index contributed by atoms with van der Waals surface area (Å²) in [7, 11) is 1.56. The standard InChI is InChI=1S/C30H24ClN3O4/c1-18-7-10-22(11-8-18)34-30(36)25(19(2)33-34)17-24-12-14-28(38-24)20-9-13-27(31)26(15-20)29(35)32-21-5-4-6-23(16-21)37-3/h4-17H,1-3H3,(H,32,35)/b25-17-. The summed E-state index contributed by atoms with van der Waals surface area (Å²) >= 11 is 6.35. The predicted molar refractivity (Wildman–Crippen MR) is 150 cm³/mol. The Morgan fingerprint density at radius 1 is 1.03 bits per heavy atom. The van der Waals surface area contributed by atoms with Crippen molar-refractivity contribution in [3.05, 3.63) is 106 Å². The van der Waals surface area contributed by atoms with Gasteiger partial charge in [0.15, 0.2) is 0 Å².